The van der Waals surface area contributed by atoms with Gasteiger partial charge in [0.15, 0.2) is 0 Å². The zero-order valence-corrected chi connectivity index (χ0v) is 13.0. The van der Waals surface area contributed by atoms with Gasteiger partial charge in [-0.1, -0.05) is 23.7 Å². The number of thioether (sulfide) groups is 1. The third-order valence-corrected chi connectivity index (χ3v) is 4.10. The second-order valence-corrected chi connectivity index (χ2v) is 6.06. The smallest absolute Gasteiger partial charge is 0.225 e. The van der Waals surface area contributed by atoms with E-state index in [-0.39, 0.29) is 12.5 Å². The first-order valence-corrected chi connectivity index (χ1v) is 7.92. The van der Waals surface area contributed by atoms with E-state index in [1.807, 2.05) is 24.3 Å². The summed E-state index contributed by atoms with van der Waals surface area (Å²) >= 11 is 7.44. The van der Waals surface area contributed by atoms with Crippen molar-refractivity contribution in [1.29, 1.82) is 0 Å². The fourth-order valence-electron chi connectivity index (χ4n) is 1.71. The first kappa shape index (κ1) is 15.9. The molecule has 0 saturated carbocycles. The predicted molar refractivity (Wildman–Crippen MR) is 87.8 cm³/mol. The molecule has 2 rings (SSSR count). The topological polar surface area (TPSA) is 49.3 Å². The van der Waals surface area contributed by atoms with Crippen LogP contribution in [0.5, 0.6) is 0 Å². The molecule has 0 heterocycles. The number of carbonyl (C=O) groups is 1. The zero-order valence-electron chi connectivity index (χ0n) is 11.4. The first-order chi connectivity index (χ1) is 10.2. The van der Waals surface area contributed by atoms with E-state index in [1.54, 1.807) is 36.0 Å². The standard InChI is InChI=1S/C16H16ClNO2S/c17-13-3-7-15(8-4-13)21-10-9-16(20)18-14-5-1-12(11-19)2-6-14/h1-8,19H,9-11H2,(H,18,20). The monoisotopic (exact) mass is 321 g/mol. The van der Waals surface area contributed by atoms with Gasteiger partial charge in [0.25, 0.3) is 0 Å². The van der Waals surface area contributed by atoms with Gasteiger partial charge in [-0.2, -0.15) is 0 Å². The molecule has 2 N–H and O–H groups in total. The Bertz CT molecular complexity index is 584. The number of hydrogen-bond donors (Lipinski definition) is 2. The highest BCUT2D eigenvalue weighted by Gasteiger charge is 2.03. The molecule has 110 valence electrons. The maximum absolute atomic E-state index is 11.8. The molecule has 0 aliphatic heterocycles. The minimum absolute atomic E-state index is 0.00591. The molecule has 0 aromatic heterocycles. The Labute approximate surface area is 133 Å². The van der Waals surface area contributed by atoms with Gasteiger partial charge in [-0.05, 0) is 42.0 Å². The van der Waals surface area contributed by atoms with Gasteiger partial charge in [0.2, 0.25) is 5.91 Å². The lowest BCUT2D eigenvalue weighted by Gasteiger charge is -2.06. The number of nitrogens with one attached hydrogen (secondary N) is 1. The second-order valence-electron chi connectivity index (χ2n) is 4.46. The molecule has 5 heteroatoms. The van der Waals surface area contributed by atoms with E-state index in [2.05, 4.69) is 5.32 Å². The number of halogens is 1. The number of amides is 1. The van der Waals surface area contributed by atoms with Gasteiger partial charge in [-0.25, -0.2) is 0 Å². The lowest BCUT2D eigenvalue weighted by molar-refractivity contribution is -0.115. The maximum atomic E-state index is 11.8. The molecule has 0 spiro atoms. The lowest BCUT2D eigenvalue weighted by Crippen LogP contribution is -2.12. The molecule has 0 unspecified atom stereocenters. The summed E-state index contributed by atoms with van der Waals surface area (Å²) < 4.78 is 0. The van der Waals surface area contributed by atoms with Crippen molar-refractivity contribution in [1.82, 2.24) is 0 Å². The van der Waals surface area contributed by atoms with Gasteiger partial charge >= 0.3 is 0 Å². The molecule has 0 aliphatic rings. The Morgan fingerprint density at radius 2 is 1.76 bits per heavy atom. The van der Waals surface area contributed by atoms with Gasteiger partial charge < -0.3 is 10.4 Å². The SMILES string of the molecule is O=C(CCSc1ccc(Cl)cc1)Nc1ccc(CO)cc1. The van der Waals surface area contributed by atoms with Crippen LogP contribution in [0, 0.1) is 0 Å². The van der Waals surface area contributed by atoms with E-state index >= 15 is 0 Å². The fraction of sp³-hybridized carbons (Fsp3) is 0.188. The average molecular weight is 322 g/mol. The minimum atomic E-state index is -0.0202. The summed E-state index contributed by atoms with van der Waals surface area (Å²) in [7, 11) is 0. The molecule has 0 saturated heterocycles. The van der Waals surface area contributed by atoms with Gasteiger partial charge in [0.05, 0.1) is 6.61 Å². The summed E-state index contributed by atoms with van der Waals surface area (Å²) in [6.07, 6.45) is 0.440. The quantitative estimate of drug-likeness (QED) is 0.792. The van der Waals surface area contributed by atoms with Crippen molar-refractivity contribution in [2.45, 2.75) is 17.9 Å². The van der Waals surface area contributed by atoms with E-state index in [1.165, 1.54) is 0 Å². The maximum Gasteiger partial charge on any atom is 0.225 e. The number of carbonyl (C=O) groups excluding carboxylic acids is 1. The highest BCUT2D eigenvalue weighted by molar-refractivity contribution is 7.99. The Morgan fingerprint density at radius 1 is 1.10 bits per heavy atom. The lowest BCUT2D eigenvalue weighted by atomic mass is 10.2. The molecule has 3 nitrogen and oxygen atoms in total. The summed E-state index contributed by atoms with van der Waals surface area (Å²) in [5.41, 5.74) is 1.57. The molecule has 2 aromatic carbocycles. The van der Waals surface area contributed by atoms with Crippen molar-refractivity contribution in [2.24, 2.45) is 0 Å². The van der Waals surface area contributed by atoms with Crippen LogP contribution >= 0.6 is 23.4 Å². The van der Waals surface area contributed by atoms with Crippen LogP contribution in [-0.2, 0) is 11.4 Å². The van der Waals surface area contributed by atoms with E-state index < -0.39 is 0 Å². The van der Waals surface area contributed by atoms with Crippen LogP contribution in [0.15, 0.2) is 53.4 Å². The van der Waals surface area contributed by atoms with Gasteiger partial charge in [0, 0.05) is 27.8 Å². The molecule has 0 aliphatic carbocycles. The van der Waals surface area contributed by atoms with E-state index in [9.17, 15) is 4.79 Å². The van der Waals surface area contributed by atoms with E-state index in [0.29, 0.717) is 17.2 Å². The zero-order chi connectivity index (χ0) is 15.1. The van der Waals surface area contributed by atoms with Crippen molar-refractivity contribution in [2.75, 3.05) is 11.1 Å². The molecular weight excluding hydrogens is 306 g/mol. The average Bonchev–Trinajstić information content (AvgIpc) is 2.50. The molecule has 2 aromatic rings. The Morgan fingerprint density at radius 3 is 2.38 bits per heavy atom. The minimum Gasteiger partial charge on any atom is -0.392 e. The predicted octanol–water partition coefficient (Wildman–Crippen LogP) is 3.95. The van der Waals surface area contributed by atoms with Crippen LogP contribution in [0.1, 0.15) is 12.0 Å². The first-order valence-electron chi connectivity index (χ1n) is 6.55. The number of hydrogen-bond acceptors (Lipinski definition) is 3. The number of anilines is 1. The van der Waals surface area contributed by atoms with Gasteiger partial charge in [0.1, 0.15) is 0 Å². The number of benzene rings is 2. The molecular formula is C16H16ClNO2S. The summed E-state index contributed by atoms with van der Waals surface area (Å²) in [4.78, 5) is 12.9. The summed E-state index contributed by atoms with van der Waals surface area (Å²) in [5, 5.41) is 12.5. The number of aliphatic hydroxyl groups is 1. The van der Waals surface area contributed by atoms with Crippen molar-refractivity contribution < 1.29 is 9.90 Å². The second kappa shape index (κ2) is 8.08. The van der Waals surface area contributed by atoms with Crippen LogP contribution in [0.3, 0.4) is 0 Å². The Hall–Kier alpha value is -1.49. The van der Waals surface area contributed by atoms with Gasteiger partial charge in [-0.3, -0.25) is 4.79 Å². The van der Waals surface area contributed by atoms with Crippen molar-refractivity contribution >= 4 is 35.0 Å². The number of aliphatic hydroxyl groups excluding tert-OH is 1. The molecule has 1 amide bonds. The van der Waals surface area contributed by atoms with Crippen molar-refractivity contribution in [3.63, 3.8) is 0 Å². The molecule has 0 fully saturated rings. The highest BCUT2D eigenvalue weighted by atomic mass is 35.5. The third-order valence-electron chi connectivity index (χ3n) is 2.83. The van der Waals surface area contributed by atoms with Crippen LogP contribution in [0.2, 0.25) is 5.02 Å². The van der Waals surface area contributed by atoms with Crippen LogP contribution < -0.4 is 5.32 Å². The van der Waals surface area contributed by atoms with Crippen LogP contribution in [0.25, 0.3) is 0 Å². The fourth-order valence-corrected chi connectivity index (χ4v) is 2.69. The van der Waals surface area contributed by atoms with Crippen LogP contribution in [-0.4, -0.2) is 16.8 Å². The van der Waals surface area contributed by atoms with Crippen LogP contribution in [0.4, 0.5) is 5.69 Å². The summed E-state index contributed by atoms with van der Waals surface area (Å²) in [6, 6.07) is 14.7. The number of rotatable bonds is 6. The molecule has 0 bridgehead atoms. The van der Waals surface area contributed by atoms with E-state index in [4.69, 9.17) is 16.7 Å². The normalized spacial score (nSPS) is 10.4. The van der Waals surface area contributed by atoms with Crippen molar-refractivity contribution in [3.8, 4) is 0 Å². The van der Waals surface area contributed by atoms with Crippen molar-refractivity contribution in [3.05, 3.63) is 59.1 Å². The highest BCUT2D eigenvalue weighted by Crippen LogP contribution is 2.21. The molecule has 21 heavy (non-hydrogen) atoms. The van der Waals surface area contributed by atoms with Gasteiger partial charge in [-0.15, -0.1) is 11.8 Å². The Balaban J connectivity index is 1.75. The Kier molecular flexibility index (Phi) is 6.11. The largest absolute Gasteiger partial charge is 0.392 e. The third kappa shape index (κ3) is 5.42. The molecule has 0 atom stereocenters. The summed E-state index contributed by atoms with van der Waals surface area (Å²) in [5.74, 6) is 0.690. The molecule has 0 radical (unpaired) electrons. The van der Waals surface area contributed by atoms with E-state index in [0.717, 1.165) is 16.1 Å². The summed E-state index contributed by atoms with van der Waals surface area (Å²) in [6.45, 7) is 0.00591.